The number of benzene rings is 1. The van der Waals surface area contributed by atoms with E-state index in [1.54, 1.807) is 19.5 Å². The molecule has 39 heavy (non-hydrogen) atoms. The van der Waals surface area contributed by atoms with Gasteiger partial charge in [-0.25, -0.2) is 4.79 Å². The summed E-state index contributed by atoms with van der Waals surface area (Å²) in [6.07, 6.45) is 8.42. The third kappa shape index (κ3) is 6.25. The predicted molar refractivity (Wildman–Crippen MR) is 151 cm³/mol. The van der Waals surface area contributed by atoms with E-state index < -0.39 is 18.0 Å². The van der Waals surface area contributed by atoms with Gasteiger partial charge in [0.2, 0.25) is 0 Å². The molecule has 1 unspecified atom stereocenters. The monoisotopic (exact) mass is 522 g/mol. The van der Waals surface area contributed by atoms with Crippen molar-refractivity contribution in [1.82, 2.24) is 30.7 Å². The van der Waals surface area contributed by atoms with Crippen molar-refractivity contribution in [3.63, 3.8) is 0 Å². The van der Waals surface area contributed by atoms with Gasteiger partial charge in [0.05, 0.1) is 12.6 Å². The number of hydrogen-bond donors (Lipinski definition) is 3. The summed E-state index contributed by atoms with van der Waals surface area (Å²) in [5.41, 5.74) is 7.14. The lowest BCUT2D eigenvalue weighted by molar-refractivity contribution is -0.119. The highest BCUT2D eigenvalue weighted by molar-refractivity contribution is 6.06. The number of ether oxygens (including phenoxy) is 1. The van der Waals surface area contributed by atoms with Crippen molar-refractivity contribution >= 4 is 22.8 Å². The minimum atomic E-state index is -0.817. The van der Waals surface area contributed by atoms with Crippen LogP contribution in [0.25, 0.3) is 22.2 Å². The molecular formula is C30H30N6O3. The maximum Gasteiger partial charge on any atom is 0.322 e. The Morgan fingerprint density at radius 1 is 1.26 bits per heavy atom. The van der Waals surface area contributed by atoms with Gasteiger partial charge in [-0.1, -0.05) is 38.0 Å². The maximum absolute atomic E-state index is 11.5. The molecular weight excluding hydrogens is 492 g/mol. The Kier molecular flexibility index (Phi) is 8.27. The topological polar surface area (TPSA) is 112 Å². The number of pyridine rings is 1. The molecule has 1 fully saturated rings. The van der Waals surface area contributed by atoms with E-state index in [4.69, 9.17) is 4.74 Å². The number of aromatic nitrogens is 3. The summed E-state index contributed by atoms with van der Waals surface area (Å²) in [5.74, 6) is 5.88. The van der Waals surface area contributed by atoms with Crippen molar-refractivity contribution in [3.8, 4) is 23.1 Å². The number of H-pyrrole nitrogens is 1. The van der Waals surface area contributed by atoms with Crippen LogP contribution in [-0.2, 0) is 9.53 Å². The van der Waals surface area contributed by atoms with Gasteiger partial charge in [-0.3, -0.25) is 20.2 Å². The first-order valence-electron chi connectivity index (χ1n) is 12.4. The summed E-state index contributed by atoms with van der Waals surface area (Å²) >= 11 is 0. The van der Waals surface area contributed by atoms with Crippen LogP contribution in [0.2, 0.25) is 0 Å². The summed E-state index contributed by atoms with van der Waals surface area (Å²) < 4.78 is 4.99. The fourth-order valence-electron chi connectivity index (χ4n) is 4.21. The lowest BCUT2D eigenvalue weighted by Gasteiger charge is -2.12. The van der Waals surface area contributed by atoms with E-state index in [-0.39, 0.29) is 0 Å². The van der Waals surface area contributed by atoms with E-state index in [2.05, 4.69) is 75.8 Å². The number of fused-ring (bicyclic) bond motifs is 1. The van der Waals surface area contributed by atoms with Crippen molar-refractivity contribution in [1.29, 1.82) is 0 Å². The van der Waals surface area contributed by atoms with Crippen LogP contribution < -0.4 is 10.6 Å². The van der Waals surface area contributed by atoms with E-state index in [0.29, 0.717) is 5.76 Å². The average molecular weight is 523 g/mol. The van der Waals surface area contributed by atoms with Gasteiger partial charge in [-0.2, -0.15) is 5.10 Å². The smallest absolute Gasteiger partial charge is 0.322 e. The highest BCUT2D eigenvalue weighted by atomic mass is 16.5. The number of likely N-dealkylation sites (N-methyl/N-ethyl adjacent to an activating group) is 1. The number of nitrogens with zero attached hydrogens (tertiary/aromatic N) is 3. The molecule has 1 saturated heterocycles. The van der Waals surface area contributed by atoms with Crippen LogP contribution in [0, 0.1) is 11.8 Å². The van der Waals surface area contributed by atoms with Gasteiger partial charge >= 0.3 is 6.03 Å². The average Bonchev–Trinajstić information content (AvgIpc) is 3.60. The Morgan fingerprint density at radius 2 is 2.03 bits per heavy atom. The number of allylic oxidation sites excluding steroid dienone is 2. The van der Waals surface area contributed by atoms with E-state index >= 15 is 0 Å². The van der Waals surface area contributed by atoms with Gasteiger partial charge in [0.15, 0.2) is 6.04 Å². The number of carbonyl (C=O) groups is 2. The number of aromatic amines is 1. The molecule has 2 aliphatic heterocycles. The minimum absolute atomic E-state index is 0.435. The van der Waals surface area contributed by atoms with Crippen LogP contribution >= 0.6 is 0 Å². The molecule has 1 aromatic carbocycles. The van der Waals surface area contributed by atoms with Gasteiger partial charge in [-0.15, -0.1) is 0 Å². The molecule has 2 aromatic heterocycles. The third-order valence-electron chi connectivity index (χ3n) is 6.34. The molecule has 4 heterocycles. The van der Waals surface area contributed by atoms with Crippen LogP contribution in [-0.4, -0.2) is 58.8 Å². The highest BCUT2D eigenvalue weighted by Crippen LogP contribution is 2.29. The lowest BCUT2D eigenvalue weighted by Crippen LogP contribution is -2.26. The van der Waals surface area contributed by atoms with E-state index in [9.17, 15) is 9.59 Å². The van der Waals surface area contributed by atoms with Crippen LogP contribution in [0.3, 0.4) is 0 Å². The molecule has 9 nitrogen and oxygen atoms in total. The van der Waals surface area contributed by atoms with E-state index in [1.807, 2.05) is 36.4 Å². The van der Waals surface area contributed by atoms with Gasteiger partial charge in [0.1, 0.15) is 11.5 Å². The zero-order valence-electron chi connectivity index (χ0n) is 22.2. The van der Waals surface area contributed by atoms with Crippen molar-refractivity contribution in [2.45, 2.75) is 19.4 Å². The second kappa shape index (κ2) is 12.0. The SMILES string of the molecule is C=C(/C=C\C1=C(CC)C(=C)N(C)C1)OC.O=C1NC(=O)C(C#Cc2ccc3c(-c4ccncc4)n[nH]c3c2)N1. The normalized spacial score (nSPS) is 16.5. The zero-order chi connectivity index (χ0) is 27.9. The number of amides is 3. The molecule has 3 aromatic rings. The highest BCUT2D eigenvalue weighted by Gasteiger charge is 2.27. The third-order valence-corrected chi connectivity index (χ3v) is 6.34. The van der Waals surface area contributed by atoms with Crippen LogP contribution in [0.15, 0.2) is 90.6 Å². The van der Waals surface area contributed by atoms with E-state index in [0.717, 1.165) is 46.4 Å². The number of methoxy groups -OCH3 is 1. The first kappa shape index (κ1) is 26.9. The van der Waals surface area contributed by atoms with Gasteiger partial charge in [0.25, 0.3) is 5.91 Å². The number of carbonyl (C=O) groups excluding carboxylic acids is 2. The summed E-state index contributed by atoms with van der Waals surface area (Å²) in [4.78, 5) is 28.7. The molecule has 0 radical (unpaired) electrons. The summed E-state index contributed by atoms with van der Waals surface area (Å²) in [5, 5.41) is 12.9. The van der Waals surface area contributed by atoms with Crippen molar-refractivity contribution < 1.29 is 14.3 Å². The Balaban J connectivity index is 0.000000204. The number of imide groups is 1. The van der Waals surface area contributed by atoms with Crippen molar-refractivity contribution in [2.24, 2.45) is 0 Å². The summed E-state index contributed by atoms with van der Waals surface area (Å²) in [6, 6.07) is 8.08. The fourth-order valence-corrected chi connectivity index (χ4v) is 4.21. The minimum Gasteiger partial charge on any atom is -0.497 e. The molecule has 0 saturated carbocycles. The molecule has 0 spiro atoms. The number of hydrogen-bond acceptors (Lipinski definition) is 6. The first-order chi connectivity index (χ1) is 18.8. The standard InChI is InChI=1S/C17H11N5O2.C13H19NO/c23-16-13(19-17(24)20-16)4-2-10-1-3-12-14(9-10)21-22-15(12)11-5-7-18-8-6-11;1-6-13-11(3)14(4)9-12(13)8-7-10(2)15-5/h1,3,5-9,13H,(H,21,22)(H2,19,20,23,24);7-8H,2-3,6,9H2,1,4-5H3/b;8-7-. The maximum atomic E-state index is 11.5. The molecule has 2 aliphatic rings. The second-order valence-electron chi connectivity index (χ2n) is 8.90. The Bertz CT molecular complexity index is 1560. The molecule has 198 valence electrons. The molecule has 9 heteroatoms. The summed E-state index contributed by atoms with van der Waals surface area (Å²) in [7, 11) is 3.69. The quantitative estimate of drug-likeness (QED) is 0.202. The van der Waals surface area contributed by atoms with Crippen LogP contribution in [0.5, 0.6) is 0 Å². The Morgan fingerprint density at radius 3 is 2.69 bits per heavy atom. The Hall–Kier alpha value is -5.10. The molecule has 3 N–H and O–H groups in total. The van der Waals surface area contributed by atoms with Crippen LogP contribution in [0.1, 0.15) is 18.9 Å². The molecule has 5 rings (SSSR count). The van der Waals surface area contributed by atoms with Crippen molar-refractivity contribution in [2.75, 3.05) is 20.7 Å². The molecule has 0 aliphatic carbocycles. The van der Waals surface area contributed by atoms with Gasteiger partial charge in [0, 0.05) is 48.2 Å². The first-order valence-corrected chi connectivity index (χ1v) is 12.4. The number of urea groups is 1. The van der Waals surface area contributed by atoms with Crippen LogP contribution in [0.4, 0.5) is 4.79 Å². The van der Waals surface area contributed by atoms with E-state index in [1.165, 1.54) is 11.1 Å². The number of rotatable bonds is 5. The number of nitrogens with one attached hydrogen (secondary N) is 3. The summed E-state index contributed by atoms with van der Waals surface area (Å²) in [6.45, 7) is 10.9. The largest absolute Gasteiger partial charge is 0.497 e. The zero-order valence-corrected chi connectivity index (χ0v) is 22.2. The Labute approximate surface area is 227 Å². The van der Waals surface area contributed by atoms with Crippen molar-refractivity contribution in [3.05, 3.63) is 96.2 Å². The van der Waals surface area contributed by atoms with Gasteiger partial charge in [-0.05, 0) is 54.0 Å². The lowest BCUT2D eigenvalue weighted by atomic mass is 10.1. The van der Waals surface area contributed by atoms with Gasteiger partial charge < -0.3 is 15.0 Å². The molecule has 0 bridgehead atoms. The fraction of sp³-hybridized carbons (Fsp3) is 0.200. The molecule has 3 amide bonds. The molecule has 1 atom stereocenters. The predicted octanol–water partition coefficient (Wildman–Crippen LogP) is 4.05. The second-order valence-corrected chi connectivity index (χ2v) is 8.90.